The lowest BCUT2D eigenvalue weighted by molar-refractivity contribution is -0.137. The van der Waals surface area contributed by atoms with Gasteiger partial charge in [0, 0.05) is 26.1 Å². The molecule has 2 aromatic rings. The molecule has 13 nitrogen and oxygen atoms in total. The SMILES string of the molecule is CCNC(=O)[C@H]1O[C@@H](n2cnc3c(N)nc(C#CCC4CCN(C(=O)OC(C)(C)C)CC4)nc32)C(O)[C@H]1O. The van der Waals surface area contributed by atoms with Crippen molar-refractivity contribution < 1.29 is 29.3 Å². The zero-order valence-corrected chi connectivity index (χ0v) is 22.0. The van der Waals surface area contributed by atoms with Gasteiger partial charge in [0.25, 0.3) is 5.91 Å². The van der Waals surface area contributed by atoms with Gasteiger partial charge in [0.05, 0.1) is 6.33 Å². The van der Waals surface area contributed by atoms with E-state index in [4.69, 9.17) is 15.2 Å². The van der Waals surface area contributed by atoms with Crippen molar-refractivity contribution in [3.05, 3.63) is 12.2 Å². The Morgan fingerprint density at radius 1 is 1.24 bits per heavy atom. The van der Waals surface area contributed by atoms with E-state index in [2.05, 4.69) is 32.1 Å². The number of nitrogens with two attached hydrogens (primary N) is 1. The Balaban J connectivity index is 1.43. The van der Waals surface area contributed by atoms with Gasteiger partial charge in [-0.05, 0) is 52.4 Å². The Kier molecular flexibility index (Phi) is 8.05. The molecule has 0 radical (unpaired) electrons. The summed E-state index contributed by atoms with van der Waals surface area (Å²) in [5.41, 5.74) is 6.12. The second-order valence-corrected chi connectivity index (χ2v) is 10.5. The molecule has 2 aliphatic heterocycles. The van der Waals surface area contributed by atoms with Gasteiger partial charge in [0.1, 0.15) is 23.3 Å². The first-order valence-corrected chi connectivity index (χ1v) is 12.7. The number of imidazole rings is 1. The fraction of sp³-hybridized carbons (Fsp3) is 0.640. The third-order valence-electron chi connectivity index (χ3n) is 6.43. The summed E-state index contributed by atoms with van der Waals surface area (Å²) in [6, 6.07) is 0. The van der Waals surface area contributed by atoms with Crippen LogP contribution < -0.4 is 11.1 Å². The highest BCUT2D eigenvalue weighted by molar-refractivity contribution is 5.83. The number of rotatable bonds is 4. The lowest BCUT2D eigenvalue weighted by atomic mass is 9.94. The molecule has 4 rings (SSSR count). The van der Waals surface area contributed by atoms with Gasteiger partial charge in [-0.25, -0.2) is 19.7 Å². The summed E-state index contributed by atoms with van der Waals surface area (Å²) in [6.07, 6.45) is -1.86. The molecule has 0 spiro atoms. The number of hydrogen-bond acceptors (Lipinski definition) is 10. The number of ether oxygens (including phenoxy) is 2. The van der Waals surface area contributed by atoms with Gasteiger partial charge in [-0.15, -0.1) is 0 Å². The number of likely N-dealkylation sites (N-methyl/N-ethyl adjacent to an activating group) is 1. The number of carbonyl (C=O) groups is 2. The summed E-state index contributed by atoms with van der Waals surface area (Å²) < 4.78 is 12.5. The number of aromatic nitrogens is 4. The van der Waals surface area contributed by atoms with Crippen molar-refractivity contribution in [2.24, 2.45) is 5.92 Å². The maximum absolute atomic E-state index is 12.3. The van der Waals surface area contributed by atoms with E-state index in [-0.39, 0.29) is 28.9 Å². The minimum Gasteiger partial charge on any atom is -0.444 e. The number of likely N-dealkylation sites (tertiary alicyclic amines) is 1. The number of fused-ring (bicyclic) bond motifs is 1. The standard InChI is InChI=1S/C25H35N7O6/c1-5-27-22(35)19-17(33)18(34)23(37-19)32-13-28-16-20(26)29-15(30-21(16)32)8-6-7-14-9-11-31(12-10-14)24(36)38-25(2,3)4/h13-14,17-19,23,33-34H,5,7,9-12H2,1-4H3,(H,27,35)(H2,26,29,30)/t17-,18?,19+,23-/m1/s1. The van der Waals surface area contributed by atoms with Crippen LogP contribution in [0.3, 0.4) is 0 Å². The first-order chi connectivity index (χ1) is 18.0. The molecule has 0 bridgehead atoms. The molecule has 2 aliphatic rings. The Labute approximate surface area is 220 Å². The van der Waals surface area contributed by atoms with Crippen molar-refractivity contribution >= 4 is 29.0 Å². The quantitative estimate of drug-likeness (QED) is 0.409. The maximum Gasteiger partial charge on any atom is 0.410 e. The van der Waals surface area contributed by atoms with E-state index in [1.165, 1.54) is 10.9 Å². The zero-order chi connectivity index (χ0) is 27.6. The van der Waals surface area contributed by atoms with Crippen molar-refractivity contribution in [1.29, 1.82) is 0 Å². The molecule has 0 aliphatic carbocycles. The second-order valence-electron chi connectivity index (χ2n) is 10.5. The summed E-state index contributed by atoms with van der Waals surface area (Å²) in [4.78, 5) is 39.1. The second kappa shape index (κ2) is 11.1. The van der Waals surface area contributed by atoms with Gasteiger partial charge in [0.15, 0.2) is 23.8 Å². The van der Waals surface area contributed by atoms with Crippen LogP contribution in [0.2, 0.25) is 0 Å². The Morgan fingerprint density at radius 3 is 2.61 bits per heavy atom. The number of piperidine rings is 1. The molecule has 206 valence electrons. The van der Waals surface area contributed by atoms with Gasteiger partial charge < -0.3 is 35.6 Å². The predicted octanol–water partition coefficient (Wildman–Crippen LogP) is 0.553. The number of hydrogen-bond donors (Lipinski definition) is 4. The molecule has 2 amide bonds. The molecule has 4 heterocycles. The van der Waals surface area contributed by atoms with Crippen LogP contribution in [0.25, 0.3) is 11.2 Å². The van der Waals surface area contributed by atoms with Crippen LogP contribution in [0.5, 0.6) is 0 Å². The normalized spacial score (nSPS) is 24.2. The van der Waals surface area contributed by atoms with E-state index >= 15 is 0 Å². The molecule has 0 saturated carbocycles. The Morgan fingerprint density at radius 2 is 1.95 bits per heavy atom. The first kappa shape index (κ1) is 27.6. The Bertz CT molecular complexity index is 1240. The van der Waals surface area contributed by atoms with Crippen molar-refractivity contribution in [3.63, 3.8) is 0 Å². The number of nitrogen functional groups attached to an aromatic ring is 1. The molecule has 2 saturated heterocycles. The lowest BCUT2D eigenvalue weighted by Gasteiger charge is -2.32. The van der Waals surface area contributed by atoms with Crippen LogP contribution in [0.15, 0.2) is 6.33 Å². The fourth-order valence-corrected chi connectivity index (χ4v) is 4.48. The molecule has 4 atom stereocenters. The summed E-state index contributed by atoms with van der Waals surface area (Å²) in [5, 5.41) is 23.5. The average molecular weight is 530 g/mol. The van der Waals surface area contributed by atoms with Crippen molar-refractivity contribution in [2.45, 2.75) is 77.1 Å². The average Bonchev–Trinajstić information content (AvgIpc) is 3.40. The van der Waals surface area contributed by atoms with E-state index in [0.717, 1.165) is 12.8 Å². The highest BCUT2D eigenvalue weighted by atomic mass is 16.6. The van der Waals surface area contributed by atoms with Gasteiger partial charge in [0.2, 0.25) is 5.82 Å². The fourth-order valence-electron chi connectivity index (χ4n) is 4.48. The Hall–Kier alpha value is -3.47. The van der Waals surface area contributed by atoms with Crippen LogP contribution in [-0.4, -0.2) is 90.2 Å². The summed E-state index contributed by atoms with van der Waals surface area (Å²) in [7, 11) is 0. The van der Waals surface area contributed by atoms with Crippen LogP contribution in [0, 0.1) is 17.8 Å². The third-order valence-corrected chi connectivity index (χ3v) is 6.43. The molecule has 38 heavy (non-hydrogen) atoms. The number of aliphatic hydroxyl groups is 2. The van der Waals surface area contributed by atoms with E-state index in [0.29, 0.717) is 32.0 Å². The number of carbonyl (C=O) groups excluding carboxylic acids is 2. The molecule has 1 unspecified atom stereocenters. The topological polar surface area (TPSA) is 178 Å². The van der Waals surface area contributed by atoms with Gasteiger partial charge in [-0.1, -0.05) is 5.92 Å². The lowest BCUT2D eigenvalue weighted by Crippen LogP contribution is -2.42. The molecular formula is C25H35N7O6. The first-order valence-electron chi connectivity index (χ1n) is 12.7. The van der Waals surface area contributed by atoms with Crippen molar-refractivity contribution in [2.75, 3.05) is 25.4 Å². The zero-order valence-electron chi connectivity index (χ0n) is 22.0. The molecule has 5 N–H and O–H groups in total. The number of nitrogens with one attached hydrogen (secondary N) is 1. The highest BCUT2D eigenvalue weighted by Crippen LogP contribution is 2.32. The number of anilines is 1. The van der Waals surface area contributed by atoms with E-state index < -0.39 is 36.0 Å². The summed E-state index contributed by atoms with van der Waals surface area (Å²) in [6.45, 7) is 8.87. The third kappa shape index (κ3) is 5.98. The van der Waals surface area contributed by atoms with Crippen molar-refractivity contribution in [3.8, 4) is 11.8 Å². The largest absolute Gasteiger partial charge is 0.444 e. The van der Waals surface area contributed by atoms with E-state index in [9.17, 15) is 19.8 Å². The minimum absolute atomic E-state index is 0.108. The van der Waals surface area contributed by atoms with Crippen LogP contribution in [0.1, 0.15) is 59.0 Å². The molecule has 2 fully saturated rings. The minimum atomic E-state index is -1.43. The van der Waals surface area contributed by atoms with Crippen LogP contribution in [0.4, 0.5) is 10.6 Å². The van der Waals surface area contributed by atoms with Gasteiger partial charge >= 0.3 is 6.09 Å². The number of amides is 2. The molecule has 2 aromatic heterocycles. The van der Waals surface area contributed by atoms with Crippen LogP contribution >= 0.6 is 0 Å². The van der Waals surface area contributed by atoms with E-state index in [1.54, 1.807) is 11.8 Å². The van der Waals surface area contributed by atoms with Crippen molar-refractivity contribution in [1.82, 2.24) is 29.7 Å². The maximum atomic E-state index is 12.3. The molecule has 0 aromatic carbocycles. The monoisotopic (exact) mass is 529 g/mol. The summed E-state index contributed by atoms with van der Waals surface area (Å²) in [5.74, 6) is 6.14. The summed E-state index contributed by atoms with van der Waals surface area (Å²) >= 11 is 0. The molecule has 13 heteroatoms. The smallest absolute Gasteiger partial charge is 0.410 e. The molecular weight excluding hydrogens is 494 g/mol. The predicted molar refractivity (Wildman–Crippen MR) is 136 cm³/mol. The van der Waals surface area contributed by atoms with Gasteiger partial charge in [-0.2, -0.15) is 0 Å². The van der Waals surface area contributed by atoms with Gasteiger partial charge in [-0.3, -0.25) is 9.36 Å². The van der Waals surface area contributed by atoms with E-state index in [1.807, 2.05) is 20.8 Å². The highest BCUT2D eigenvalue weighted by Gasteiger charge is 2.47. The number of aliphatic hydroxyl groups excluding tert-OH is 2. The number of nitrogens with zero attached hydrogens (tertiary/aromatic N) is 5. The van der Waals surface area contributed by atoms with Crippen LogP contribution in [-0.2, 0) is 14.3 Å².